The zero-order valence-electron chi connectivity index (χ0n) is 34.7. The Morgan fingerprint density at radius 3 is 0.696 bits per heavy atom. The molecule has 0 saturated heterocycles. The van der Waals surface area contributed by atoms with Crippen LogP contribution >= 0.6 is 15.6 Å². The smallest absolute Gasteiger partial charge is 0.386 e. The molecule has 5 rings (SSSR count). The fourth-order valence-electron chi connectivity index (χ4n) is 6.08. The summed E-state index contributed by atoms with van der Waals surface area (Å²) in [5.74, 6) is 1.82. The lowest BCUT2D eigenvalue weighted by Crippen LogP contribution is -2.17. The molecule has 8 nitrogen and oxygen atoms in total. The van der Waals surface area contributed by atoms with Crippen molar-refractivity contribution in [3.8, 4) is 34.5 Å². The Bertz CT molecular complexity index is 1930. The minimum Gasteiger partial charge on any atom is -0.386 e. The van der Waals surface area contributed by atoms with E-state index in [2.05, 4.69) is 0 Å². The molecule has 0 aliphatic carbocycles. The summed E-state index contributed by atoms with van der Waals surface area (Å²) in [4.78, 5) is 0. The molecule has 298 valence electrons. The second-order valence-corrected chi connectivity index (χ2v) is 20.8. The molecule has 0 saturated carbocycles. The van der Waals surface area contributed by atoms with Gasteiger partial charge in [0.15, 0.2) is 0 Å². The molecule has 56 heavy (non-hydrogen) atoms. The Balaban J connectivity index is 1.51. The maximum Gasteiger partial charge on any atom is 0.647 e. The number of phosphoric ester groups is 2. The molecule has 0 unspecified atom stereocenters. The molecule has 0 aliphatic rings. The standard InChI is InChI=1S/C46H56O8P2/c1-43(2,3)35-21-13-17-25-39(35)51-55(47,52-40-26-18-14-22-36(40)44(4,5)6)49-33-29-31-34(32-30-33)50-56(48,53-41-27-19-15-23-37(41)45(7,8)9)54-42-28-20-16-24-38(42)46(10,11)12/h13-32H,1-12H3. The number of benzene rings is 5. The van der Waals surface area contributed by atoms with Crippen molar-refractivity contribution in [3.63, 3.8) is 0 Å². The lowest BCUT2D eigenvalue weighted by Gasteiger charge is -2.28. The predicted octanol–water partition coefficient (Wildman–Crippen LogP) is 14.2. The van der Waals surface area contributed by atoms with Crippen LogP contribution in [0.5, 0.6) is 34.5 Å². The van der Waals surface area contributed by atoms with Crippen molar-refractivity contribution in [2.45, 2.75) is 105 Å². The SMILES string of the molecule is CC(C)(C)c1ccccc1OP(=O)(Oc1ccc(OP(=O)(Oc2ccccc2C(C)(C)C)Oc2ccccc2C(C)(C)C)cc1)Oc1ccccc1C(C)(C)C. The first-order chi connectivity index (χ1) is 26.0. The van der Waals surface area contributed by atoms with E-state index in [1.807, 2.05) is 156 Å². The third kappa shape index (κ3) is 10.8. The van der Waals surface area contributed by atoms with E-state index in [4.69, 9.17) is 27.1 Å². The highest BCUT2D eigenvalue weighted by molar-refractivity contribution is 7.50. The van der Waals surface area contributed by atoms with Gasteiger partial charge in [0.2, 0.25) is 0 Å². The average molecular weight is 799 g/mol. The topological polar surface area (TPSA) is 89.5 Å². The number of hydrogen-bond donors (Lipinski definition) is 0. The highest BCUT2D eigenvalue weighted by Crippen LogP contribution is 2.55. The van der Waals surface area contributed by atoms with Crippen LogP contribution in [0.2, 0.25) is 0 Å². The van der Waals surface area contributed by atoms with E-state index in [1.165, 1.54) is 24.3 Å². The first-order valence-electron chi connectivity index (χ1n) is 18.8. The first-order valence-corrected chi connectivity index (χ1v) is 21.7. The Kier molecular flexibility index (Phi) is 12.2. The summed E-state index contributed by atoms with van der Waals surface area (Å²) >= 11 is 0. The molecule has 0 heterocycles. The largest absolute Gasteiger partial charge is 0.647 e. The Morgan fingerprint density at radius 1 is 0.304 bits per heavy atom. The highest BCUT2D eigenvalue weighted by Gasteiger charge is 2.39. The maximum absolute atomic E-state index is 14.8. The minimum atomic E-state index is -4.41. The van der Waals surface area contributed by atoms with E-state index in [0.717, 1.165) is 22.3 Å². The number of phosphoric acid groups is 2. The van der Waals surface area contributed by atoms with Gasteiger partial charge in [0.25, 0.3) is 0 Å². The van der Waals surface area contributed by atoms with Crippen molar-refractivity contribution in [2.24, 2.45) is 0 Å². The maximum atomic E-state index is 14.8. The zero-order valence-corrected chi connectivity index (χ0v) is 36.5. The lowest BCUT2D eigenvalue weighted by molar-refractivity contribution is 0.288. The van der Waals surface area contributed by atoms with Gasteiger partial charge in [-0.1, -0.05) is 156 Å². The van der Waals surface area contributed by atoms with E-state index < -0.39 is 15.6 Å². The summed E-state index contributed by atoms with van der Waals surface area (Å²) in [7, 11) is -8.83. The second-order valence-electron chi connectivity index (χ2n) is 17.9. The summed E-state index contributed by atoms with van der Waals surface area (Å²) in [5, 5.41) is 0. The number of rotatable bonds is 12. The van der Waals surface area contributed by atoms with Crippen LogP contribution in [-0.4, -0.2) is 0 Å². The minimum absolute atomic E-state index is 0.162. The van der Waals surface area contributed by atoms with E-state index in [1.54, 1.807) is 24.3 Å². The van der Waals surface area contributed by atoms with Crippen LogP contribution in [0, 0.1) is 0 Å². The third-order valence-electron chi connectivity index (χ3n) is 8.88. The monoisotopic (exact) mass is 798 g/mol. The summed E-state index contributed by atoms with van der Waals surface area (Å²) in [6.45, 7) is 24.6. The van der Waals surface area contributed by atoms with Crippen molar-refractivity contribution >= 4 is 15.6 Å². The molecule has 0 atom stereocenters. The number of para-hydroxylation sites is 4. The fourth-order valence-corrected chi connectivity index (χ4v) is 8.66. The predicted molar refractivity (Wildman–Crippen MR) is 226 cm³/mol. The molecule has 0 radical (unpaired) electrons. The van der Waals surface area contributed by atoms with Gasteiger partial charge in [0.1, 0.15) is 34.5 Å². The van der Waals surface area contributed by atoms with Crippen molar-refractivity contribution in [1.82, 2.24) is 0 Å². The molecular formula is C46H56O8P2. The Morgan fingerprint density at radius 2 is 0.500 bits per heavy atom. The first kappa shape index (κ1) is 42.5. The van der Waals surface area contributed by atoms with Gasteiger partial charge in [-0.15, -0.1) is 0 Å². The van der Waals surface area contributed by atoms with Crippen LogP contribution in [0.25, 0.3) is 0 Å². The van der Waals surface area contributed by atoms with Gasteiger partial charge in [-0.3, -0.25) is 0 Å². The summed E-state index contributed by atoms with van der Waals surface area (Å²) < 4.78 is 67.0. The summed E-state index contributed by atoms with van der Waals surface area (Å²) in [6, 6.07) is 35.7. The molecule has 0 aliphatic heterocycles. The third-order valence-corrected chi connectivity index (χ3v) is 11.4. The molecule has 0 aromatic heterocycles. The van der Waals surface area contributed by atoms with Gasteiger partial charge >= 0.3 is 15.6 Å². The fraction of sp³-hybridized carbons (Fsp3) is 0.348. The average Bonchev–Trinajstić information content (AvgIpc) is 3.08. The van der Waals surface area contributed by atoms with E-state index in [-0.39, 0.29) is 33.2 Å². The van der Waals surface area contributed by atoms with Crippen molar-refractivity contribution in [2.75, 3.05) is 0 Å². The molecular weight excluding hydrogens is 742 g/mol. The van der Waals surface area contributed by atoms with Crippen LogP contribution in [0.3, 0.4) is 0 Å². The van der Waals surface area contributed by atoms with Gasteiger partial charge < -0.3 is 27.1 Å². The summed E-state index contributed by atoms with van der Waals surface area (Å²) in [6.07, 6.45) is 0. The normalized spacial score (nSPS) is 12.8. The molecule has 5 aromatic carbocycles. The Hall–Kier alpha value is -4.64. The Labute approximate surface area is 333 Å². The van der Waals surface area contributed by atoms with Gasteiger partial charge in [-0.2, -0.15) is 9.13 Å². The summed E-state index contributed by atoms with van der Waals surface area (Å²) in [5.41, 5.74) is 2.00. The number of hydrogen-bond acceptors (Lipinski definition) is 8. The lowest BCUT2D eigenvalue weighted by atomic mass is 9.86. The van der Waals surface area contributed by atoms with Crippen LogP contribution < -0.4 is 27.1 Å². The van der Waals surface area contributed by atoms with Gasteiger partial charge in [-0.25, -0.2) is 0 Å². The van der Waals surface area contributed by atoms with E-state index in [0.29, 0.717) is 23.0 Å². The molecule has 0 bridgehead atoms. The molecule has 5 aromatic rings. The molecule has 0 spiro atoms. The van der Waals surface area contributed by atoms with Crippen LogP contribution in [0.15, 0.2) is 121 Å². The van der Waals surface area contributed by atoms with Crippen molar-refractivity contribution in [3.05, 3.63) is 144 Å². The molecule has 0 fully saturated rings. The van der Waals surface area contributed by atoms with Crippen LogP contribution in [0.1, 0.15) is 105 Å². The molecule has 10 heteroatoms. The van der Waals surface area contributed by atoms with Gasteiger partial charge in [0, 0.05) is 22.3 Å². The van der Waals surface area contributed by atoms with E-state index in [9.17, 15) is 9.13 Å². The second kappa shape index (κ2) is 16.1. The van der Waals surface area contributed by atoms with Gasteiger partial charge in [-0.05, 0) is 70.2 Å². The van der Waals surface area contributed by atoms with Crippen molar-refractivity contribution in [1.29, 1.82) is 0 Å². The molecule has 0 amide bonds. The van der Waals surface area contributed by atoms with Crippen LogP contribution in [-0.2, 0) is 30.8 Å². The van der Waals surface area contributed by atoms with Crippen molar-refractivity contribution < 1.29 is 36.3 Å². The quantitative estimate of drug-likeness (QED) is 0.115. The van der Waals surface area contributed by atoms with E-state index >= 15 is 0 Å². The molecule has 0 N–H and O–H groups in total. The van der Waals surface area contributed by atoms with Gasteiger partial charge in [0.05, 0.1) is 0 Å². The van der Waals surface area contributed by atoms with Crippen LogP contribution in [0.4, 0.5) is 0 Å². The highest BCUT2D eigenvalue weighted by atomic mass is 31.2. The zero-order chi connectivity index (χ0) is 41.2.